The maximum Gasteiger partial charge on any atom is 0.138 e. The summed E-state index contributed by atoms with van der Waals surface area (Å²) in [4.78, 5) is 12.9. The van der Waals surface area contributed by atoms with E-state index in [1.807, 2.05) is 42.3 Å². The summed E-state index contributed by atoms with van der Waals surface area (Å²) in [5, 5.41) is 0. The van der Waals surface area contributed by atoms with Crippen molar-refractivity contribution in [1.29, 1.82) is 0 Å². The summed E-state index contributed by atoms with van der Waals surface area (Å²) in [5.74, 6) is 1.77. The zero-order valence-electron chi connectivity index (χ0n) is 12.1. The highest BCUT2D eigenvalue weighted by Crippen LogP contribution is 2.25. The molecule has 0 radical (unpaired) electrons. The summed E-state index contributed by atoms with van der Waals surface area (Å²) >= 11 is 0. The van der Waals surface area contributed by atoms with E-state index in [0.717, 1.165) is 49.3 Å². The number of aromatic nitrogens is 2. The minimum Gasteiger partial charge on any atom is -0.399 e. The predicted octanol–water partition coefficient (Wildman–Crippen LogP) is 1.66. The molecule has 3 rings (SSSR count). The number of nitrogen functional groups attached to an aromatic ring is 1. The number of anilines is 4. The second kappa shape index (κ2) is 5.97. The SMILES string of the molecule is CN(c1cccc(N)c1)c1cc(N2CCOCC2)ncn1. The highest BCUT2D eigenvalue weighted by atomic mass is 16.5. The molecule has 1 aliphatic rings. The van der Waals surface area contributed by atoms with Gasteiger partial charge in [0.1, 0.15) is 18.0 Å². The Labute approximate surface area is 124 Å². The molecule has 0 bridgehead atoms. The first-order chi connectivity index (χ1) is 10.2. The molecule has 2 heterocycles. The molecular weight excluding hydrogens is 266 g/mol. The molecule has 1 saturated heterocycles. The third kappa shape index (κ3) is 3.05. The molecule has 0 unspecified atom stereocenters. The average molecular weight is 285 g/mol. The van der Waals surface area contributed by atoms with E-state index in [0.29, 0.717) is 0 Å². The minimum atomic E-state index is 0.738. The van der Waals surface area contributed by atoms with Crippen molar-refractivity contribution in [3.63, 3.8) is 0 Å². The quantitative estimate of drug-likeness (QED) is 0.865. The smallest absolute Gasteiger partial charge is 0.138 e. The Balaban J connectivity index is 1.85. The second-order valence-corrected chi connectivity index (χ2v) is 4.99. The molecule has 1 fully saturated rings. The fourth-order valence-electron chi connectivity index (χ4n) is 2.35. The first-order valence-corrected chi connectivity index (χ1v) is 6.98. The summed E-state index contributed by atoms with van der Waals surface area (Å²) < 4.78 is 5.37. The molecule has 0 saturated carbocycles. The molecule has 2 aromatic rings. The van der Waals surface area contributed by atoms with Gasteiger partial charge in [0.25, 0.3) is 0 Å². The highest BCUT2D eigenvalue weighted by molar-refractivity contribution is 5.65. The zero-order chi connectivity index (χ0) is 14.7. The molecule has 0 aliphatic carbocycles. The van der Waals surface area contributed by atoms with Crippen LogP contribution in [0, 0.1) is 0 Å². The standard InChI is InChI=1S/C15H19N5O/c1-19(13-4-2-3-12(16)9-13)14-10-15(18-11-17-14)20-5-7-21-8-6-20/h2-4,9-11H,5-8,16H2,1H3. The summed E-state index contributed by atoms with van der Waals surface area (Å²) in [5.41, 5.74) is 7.58. The predicted molar refractivity (Wildman–Crippen MR) is 84.0 cm³/mol. The Bertz CT molecular complexity index is 613. The van der Waals surface area contributed by atoms with Gasteiger partial charge in [-0.05, 0) is 18.2 Å². The van der Waals surface area contributed by atoms with Crippen molar-refractivity contribution >= 4 is 23.0 Å². The second-order valence-electron chi connectivity index (χ2n) is 4.99. The van der Waals surface area contributed by atoms with Gasteiger partial charge < -0.3 is 20.3 Å². The van der Waals surface area contributed by atoms with E-state index in [9.17, 15) is 0 Å². The maximum absolute atomic E-state index is 5.84. The van der Waals surface area contributed by atoms with Gasteiger partial charge in [-0.2, -0.15) is 0 Å². The fourth-order valence-corrected chi connectivity index (χ4v) is 2.35. The lowest BCUT2D eigenvalue weighted by Crippen LogP contribution is -2.36. The van der Waals surface area contributed by atoms with Crippen molar-refractivity contribution in [3.8, 4) is 0 Å². The van der Waals surface area contributed by atoms with Gasteiger partial charge in [-0.15, -0.1) is 0 Å². The van der Waals surface area contributed by atoms with Crippen LogP contribution in [0.25, 0.3) is 0 Å². The van der Waals surface area contributed by atoms with E-state index < -0.39 is 0 Å². The summed E-state index contributed by atoms with van der Waals surface area (Å²) in [6.07, 6.45) is 1.60. The first kappa shape index (κ1) is 13.6. The van der Waals surface area contributed by atoms with Crippen LogP contribution >= 0.6 is 0 Å². The monoisotopic (exact) mass is 285 g/mol. The van der Waals surface area contributed by atoms with E-state index in [-0.39, 0.29) is 0 Å². The number of benzene rings is 1. The number of hydrogen-bond donors (Lipinski definition) is 1. The number of rotatable bonds is 3. The van der Waals surface area contributed by atoms with Crippen LogP contribution < -0.4 is 15.5 Å². The average Bonchev–Trinajstić information content (AvgIpc) is 2.55. The van der Waals surface area contributed by atoms with E-state index in [4.69, 9.17) is 10.5 Å². The zero-order valence-corrected chi connectivity index (χ0v) is 12.1. The van der Waals surface area contributed by atoms with Crippen LogP contribution in [-0.2, 0) is 4.74 Å². The number of nitrogens with two attached hydrogens (primary N) is 1. The van der Waals surface area contributed by atoms with Crippen molar-refractivity contribution in [2.45, 2.75) is 0 Å². The van der Waals surface area contributed by atoms with E-state index in [1.54, 1.807) is 6.33 Å². The van der Waals surface area contributed by atoms with Crippen LogP contribution in [-0.4, -0.2) is 43.3 Å². The molecule has 1 aromatic heterocycles. The van der Waals surface area contributed by atoms with E-state index in [1.165, 1.54) is 0 Å². The Morgan fingerprint density at radius 3 is 2.76 bits per heavy atom. The van der Waals surface area contributed by atoms with Crippen molar-refractivity contribution in [1.82, 2.24) is 9.97 Å². The van der Waals surface area contributed by atoms with Gasteiger partial charge in [-0.3, -0.25) is 0 Å². The van der Waals surface area contributed by atoms with Gasteiger partial charge >= 0.3 is 0 Å². The lowest BCUT2D eigenvalue weighted by atomic mass is 10.2. The van der Waals surface area contributed by atoms with Gasteiger partial charge in [-0.1, -0.05) is 6.07 Å². The molecule has 21 heavy (non-hydrogen) atoms. The largest absolute Gasteiger partial charge is 0.399 e. The van der Waals surface area contributed by atoms with Crippen LogP contribution in [0.2, 0.25) is 0 Å². The number of ether oxygens (including phenoxy) is 1. The van der Waals surface area contributed by atoms with Gasteiger partial charge in [0.2, 0.25) is 0 Å². The lowest BCUT2D eigenvalue weighted by Gasteiger charge is -2.28. The molecule has 110 valence electrons. The Morgan fingerprint density at radius 2 is 2.00 bits per heavy atom. The molecule has 1 aromatic carbocycles. The van der Waals surface area contributed by atoms with E-state index in [2.05, 4.69) is 14.9 Å². The molecule has 0 spiro atoms. The van der Waals surface area contributed by atoms with Crippen molar-refractivity contribution in [2.24, 2.45) is 0 Å². The van der Waals surface area contributed by atoms with Crippen LogP contribution in [0.1, 0.15) is 0 Å². The lowest BCUT2D eigenvalue weighted by molar-refractivity contribution is 0.122. The van der Waals surface area contributed by atoms with Crippen LogP contribution in [0.4, 0.5) is 23.0 Å². The number of hydrogen-bond acceptors (Lipinski definition) is 6. The Kier molecular flexibility index (Phi) is 3.87. The molecule has 0 amide bonds. The van der Waals surface area contributed by atoms with Gasteiger partial charge in [0.05, 0.1) is 13.2 Å². The third-order valence-corrected chi connectivity index (χ3v) is 3.57. The van der Waals surface area contributed by atoms with Gasteiger partial charge in [-0.25, -0.2) is 9.97 Å². The molecule has 2 N–H and O–H groups in total. The maximum atomic E-state index is 5.84. The van der Waals surface area contributed by atoms with Crippen LogP contribution in [0.3, 0.4) is 0 Å². The highest BCUT2D eigenvalue weighted by Gasteiger charge is 2.14. The number of nitrogens with zero attached hydrogens (tertiary/aromatic N) is 4. The first-order valence-electron chi connectivity index (χ1n) is 6.98. The molecule has 6 heteroatoms. The van der Waals surface area contributed by atoms with E-state index >= 15 is 0 Å². The van der Waals surface area contributed by atoms with Gasteiger partial charge in [0, 0.05) is 37.6 Å². The summed E-state index contributed by atoms with van der Waals surface area (Å²) in [6, 6.07) is 9.74. The summed E-state index contributed by atoms with van der Waals surface area (Å²) in [7, 11) is 1.97. The fraction of sp³-hybridized carbons (Fsp3) is 0.333. The Morgan fingerprint density at radius 1 is 1.19 bits per heavy atom. The molecular formula is C15H19N5O. The third-order valence-electron chi connectivity index (χ3n) is 3.57. The minimum absolute atomic E-state index is 0.738. The molecule has 6 nitrogen and oxygen atoms in total. The van der Waals surface area contributed by atoms with Crippen molar-refractivity contribution in [2.75, 3.05) is 48.9 Å². The normalized spacial score (nSPS) is 15.0. The van der Waals surface area contributed by atoms with Crippen molar-refractivity contribution < 1.29 is 4.74 Å². The topological polar surface area (TPSA) is 67.5 Å². The Hall–Kier alpha value is -2.34. The van der Waals surface area contributed by atoms with Crippen LogP contribution in [0.15, 0.2) is 36.7 Å². The van der Waals surface area contributed by atoms with Crippen molar-refractivity contribution in [3.05, 3.63) is 36.7 Å². The van der Waals surface area contributed by atoms with Gasteiger partial charge in [0.15, 0.2) is 0 Å². The molecule has 0 atom stereocenters. The van der Waals surface area contributed by atoms with Crippen LogP contribution in [0.5, 0.6) is 0 Å². The summed E-state index contributed by atoms with van der Waals surface area (Å²) in [6.45, 7) is 3.20. The number of morpholine rings is 1. The molecule has 1 aliphatic heterocycles.